The van der Waals surface area contributed by atoms with Gasteiger partial charge in [-0.1, -0.05) is 6.92 Å². The molecule has 3 fully saturated rings. The number of benzene rings is 1. The molecule has 200 valence electrons. The maximum Gasteiger partial charge on any atom is 0.409 e. The van der Waals surface area contributed by atoms with Gasteiger partial charge in [0.05, 0.1) is 23.7 Å². The number of hydrogen-bond acceptors (Lipinski definition) is 7. The third-order valence-corrected chi connectivity index (χ3v) is 8.27. The molecular weight excluding hydrogens is 472 g/mol. The van der Waals surface area contributed by atoms with Gasteiger partial charge in [-0.15, -0.1) is 0 Å². The van der Waals surface area contributed by atoms with Gasteiger partial charge in [0.15, 0.2) is 0 Å². The van der Waals surface area contributed by atoms with Crippen LogP contribution >= 0.6 is 0 Å². The first-order chi connectivity index (χ1) is 17.8. The molecule has 4 heterocycles. The molecule has 3 amide bonds. The number of carbonyl (C=O) groups is 3. The van der Waals surface area contributed by atoms with Crippen LogP contribution in [0.4, 0.5) is 10.5 Å². The van der Waals surface area contributed by atoms with Crippen molar-refractivity contribution in [1.82, 2.24) is 24.9 Å². The lowest BCUT2D eigenvalue weighted by atomic mass is 9.80. The number of imide groups is 1. The second-order valence-electron chi connectivity index (χ2n) is 11.0. The molecule has 2 aromatic rings. The van der Waals surface area contributed by atoms with E-state index in [4.69, 9.17) is 4.74 Å². The van der Waals surface area contributed by atoms with Crippen LogP contribution in [0.3, 0.4) is 0 Å². The number of nitrogens with zero attached hydrogens (tertiary/aromatic N) is 5. The van der Waals surface area contributed by atoms with Crippen LogP contribution in [0.15, 0.2) is 18.2 Å². The lowest BCUT2D eigenvalue weighted by molar-refractivity contribution is -0.134. The highest BCUT2D eigenvalue weighted by Gasteiger charge is 2.35. The molecular formula is C27H38N6O4. The number of piperidine rings is 2. The molecule has 1 atom stereocenters. The maximum absolute atomic E-state index is 12.4. The van der Waals surface area contributed by atoms with E-state index in [-0.39, 0.29) is 29.2 Å². The first kappa shape index (κ1) is 25.5. The minimum atomic E-state index is -0.388. The third kappa shape index (κ3) is 5.30. The molecule has 10 heteroatoms. The van der Waals surface area contributed by atoms with Crippen molar-refractivity contribution in [1.29, 1.82) is 0 Å². The van der Waals surface area contributed by atoms with Crippen molar-refractivity contribution in [2.24, 2.45) is 12.5 Å². The first-order valence-corrected chi connectivity index (χ1v) is 13.5. The Hall–Kier alpha value is -3.14. The lowest BCUT2D eigenvalue weighted by Crippen LogP contribution is -2.52. The Labute approximate surface area is 217 Å². The Morgan fingerprint density at radius 2 is 1.86 bits per heavy atom. The second-order valence-corrected chi connectivity index (χ2v) is 11.0. The molecule has 3 saturated heterocycles. The zero-order valence-electron chi connectivity index (χ0n) is 22.2. The maximum atomic E-state index is 12.4. The smallest absolute Gasteiger partial charge is 0.409 e. The highest BCUT2D eigenvalue weighted by Crippen LogP contribution is 2.34. The first-order valence-electron chi connectivity index (χ1n) is 13.5. The summed E-state index contributed by atoms with van der Waals surface area (Å²) in [5, 5.41) is 8.10. The van der Waals surface area contributed by atoms with E-state index in [2.05, 4.69) is 45.3 Å². The van der Waals surface area contributed by atoms with E-state index < -0.39 is 0 Å². The minimum Gasteiger partial charge on any atom is -0.450 e. The van der Waals surface area contributed by atoms with E-state index in [1.165, 1.54) is 5.69 Å². The standard InChI is InChI=1S/C27H38N6O4/c1-4-37-26(36)33-11-9-27(2,10-12-33)18-31-13-15-32(16-14-31)19-5-6-20-22(17-19)30(3)29-24(20)21-7-8-23(34)28-25(21)35/h5-6,17,21H,4,7-16,18H2,1-3H3,(H,28,34,35). The van der Waals surface area contributed by atoms with Crippen molar-refractivity contribution >= 4 is 34.5 Å². The van der Waals surface area contributed by atoms with Gasteiger partial charge in [0.25, 0.3) is 0 Å². The van der Waals surface area contributed by atoms with Crippen LogP contribution in [0.25, 0.3) is 10.9 Å². The van der Waals surface area contributed by atoms with E-state index in [0.29, 0.717) is 19.4 Å². The number of amides is 3. The highest BCUT2D eigenvalue weighted by atomic mass is 16.6. The summed E-state index contributed by atoms with van der Waals surface area (Å²) in [7, 11) is 1.91. The summed E-state index contributed by atoms with van der Waals surface area (Å²) in [6.07, 6.45) is 2.66. The molecule has 10 nitrogen and oxygen atoms in total. The van der Waals surface area contributed by atoms with Crippen molar-refractivity contribution in [3.8, 4) is 0 Å². The van der Waals surface area contributed by atoms with Crippen LogP contribution in [0.2, 0.25) is 0 Å². The van der Waals surface area contributed by atoms with E-state index in [9.17, 15) is 14.4 Å². The van der Waals surface area contributed by atoms with E-state index >= 15 is 0 Å². The quantitative estimate of drug-likeness (QED) is 0.617. The van der Waals surface area contributed by atoms with Crippen LogP contribution in [0.1, 0.15) is 51.1 Å². The number of aryl methyl sites for hydroxylation is 1. The average molecular weight is 511 g/mol. The zero-order valence-corrected chi connectivity index (χ0v) is 22.2. The predicted octanol–water partition coefficient (Wildman–Crippen LogP) is 2.47. The summed E-state index contributed by atoms with van der Waals surface area (Å²) in [6, 6.07) is 6.36. The molecule has 3 aliphatic rings. The van der Waals surface area contributed by atoms with Gasteiger partial charge in [0.1, 0.15) is 0 Å². The van der Waals surface area contributed by atoms with Crippen molar-refractivity contribution in [2.45, 2.75) is 45.4 Å². The molecule has 1 unspecified atom stereocenters. The molecule has 0 bridgehead atoms. The summed E-state index contributed by atoms with van der Waals surface area (Å²) < 4.78 is 7.01. The molecule has 1 N–H and O–H groups in total. The second kappa shape index (κ2) is 10.3. The fraction of sp³-hybridized carbons (Fsp3) is 0.630. The lowest BCUT2D eigenvalue weighted by Gasteiger charge is -2.44. The monoisotopic (exact) mass is 510 g/mol. The zero-order chi connectivity index (χ0) is 26.2. The Balaban J connectivity index is 1.19. The van der Waals surface area contributed by atoms with Crippen molar-refractivity contribution in [3.63, 3.8) is 0 Å². The molecule has 1 aromatic carbocycles. The molecule has 0 spiro atoms. The summed E-state index contributed by atoms with van der Waals surface area (Å²) in [5.74, 6) is -0.850. The Morgan fingerprint density at radius 3 is 2.54 bits per heavy atom. The van der Waals surface area contributed by atoms with Crippen molar-refractivity contribution in [2.75, 3.05) is 57.3 Å². The molecule has 5 rings (SSSR count). The van der Waals surface area contributed by atoms with Crippen LogP contribution in [-0.2, 0) is 21.4 Å². The number of carbonyl (C=O) groups excluding carboxylic acids is 3. The predicted molar refractivity (Wildman–Crippen MR) is 140 cm³/mol. The molecule has 1 aromatic heterocycles. The van der Waals surface area contributed by atoms with Gasteiger partial charge < -0.3 is 14.5 Å². The Morgan fingerprint density at radius 1 is 1.14 bits per heavy atom. The Bertz CT molecular complexity index is 1180. The number of piperazine rings is 1. The molecule has 37 heavy (non-hydrogen) atoms. The van der Waals surface area contributed by atoms with Gasteiger partial charge in [-0.3, -0.25) is 24.5 Å². The van der Waals surface area contributed by atoms with Crippen LogP contribution in [0, 0.1) is 5.41 Å². The molecule has 0 radical (unpaired) electrons. The van der Waals surface area contributed by atoms with E-state index in [0.717, 1.165) is 75.3 Å². The summed E-state index contributed by atoms with van der Waals surface area (Å²) in [5.41, 5.74) is 3.13. The minimum absolute atomic E-state index is 0.187. The number of hydrogen-bond donors (Lipinski definition) is 1. The Kier molecular flexibility index (Phi) is 7.11. The number of rotatable bonds is 5. The fourth-order valence-corrected chi connectivity index (χ4v) is 5.99. The van der Waals surface area contributed by atoms with Gasteiger partial charge in [0.2, 0.25) is 11.8 Å². The topological polar surface area (TPSA) is 100 Å². The largest absolute Gasteiger partial charge is 0.450 e. The third-order valence-electron chi connectivity index (χ3n) is 8.27. The van der Waals surface area contributed by atoms with Gasteiger partial charge in [-0.25, -0.2) is 4.79 Å². The van der Waals surface area contributed by atoms with Gasteiger partial charge in [0, 0.05) is 70.4 Å². The molecule has 0 saturated carbocycles. The van der Waals surface area contributed by atoms with E-state index in [1.807, 2.05) is 23.6 Å². The number of likely N-dealkylation sites (tertiary alicyclic amines) is 1. The number of fused-ring (bicyclic) bond motifs is 1. The van der Waals surface area contributed by atoms with E-state index in [1.54, 1.807) is 0 Å². The number of nitrogens with one attached hydrogen (secondary N) is 1. The molecule has 3 aliphatic heterocycles. The van der Waals surface area contributed by atoms with Crippen molar-refractivity contribution in [3.05, 3.63) is 23.9 Å². The summed E-state index contributed by atoms with van der Waals surface area (Å²) in [6.45, 7) is 11.1. The van der Waals surface area contributed by atoms with Crippen LogP contribution in [0.5, 0.6) is 0 Å². The number of anilines is 1. The molecule has 0 aliphatic carbocycles. The number of ether oxygens (including phenoxy) is 1. The van der Waals surface area contributed by atoms with Gasteiger partial charge >= 0.3 is 6.09 Å². The van der Waals surface area contributed by atoms with Crippen molar-refractivity contribution < 1.29 is 19.1 Å². The summed E-state index contributed by atoms with van der Waals surface area (Å²) >= 11 is 0. The average Bonchev–Trinajstić information content (AvgIpc) is 3.20. The van der Waals surface area contributed by atoms with Crippen LogP contribution < -0.4 is 10.2 Å². The summed E-state index contributed by atoms with van der Waals surface area (Å²) in [4.78, 5) is 42.8. The highest BCUT2D eigenvalue weighted by molar-refractivity contribution is 6.02. The van der Waals surface area contributed by atoms with Crippen LogP contribution in [-0.4, -0.2) is 89.9 Å². The van der Waals surface area contributed by atoms with Gasteiger partial charge in [-0.05, 0) is 49.8 Å². The SMILES string of the molecule is CCOC(=O)N1CCC(C)(CN2CCN(c3ccc4c(C5CCC(=O)NC5=O)nn(C)c4c3)CC2)CC1. The fourth-order valence-electron chi connectivity index (χ4n) is 5.99. The van der Waals surface area contributed by atoms with Gasteiger partial charge in [-0.2, -0.15) is 5.10 Å². The number of aromatic nitrogens is 2. The normalized spacial score (nSPS) is 22.8.